The highest BCUT2D eigenvalue weighted by Gasteiger charge is 2.34. The molecule has 0 amide bonds. The molecule has 1 heterocycles. The molecule has 0 fully saturated rings. The van der Waals surface area contributed by atoms with Crippen LogP contribution in [0.4, 0.5) is 14.5 Å². The quantitative estimate of drug-likeness (QED) is 0.212. The van der Waals surface area contributed by atoms with Gasteiger partial charge in [0, 0.05) is 35.6 Å². The number of benzene rings is 3. The van der Waals surface area contributed by atoms with Crippen LogP contribution in [0, 0.1) is 18.6 Å². The van der Waals surface area contributed by atoms with E-state index in [9.17, 15) is 17.2 Å². The van der Waals surface area contributed by atoms with E-state index in [4.69, 9.17) is 16.3 Å². The molecule has 0 saturated carbocycles. The lowest BCUT2D eigenvalue weighted by Crippen LogP contribution is -2.34. The largest absolute Gasteiger partial charge is 0.493 e. The van der Waals surface area contributed by atoms with Crippen molar-refractivity contribution in [2.24, 2.45) is 0 Å². The zero-order valence-electron chi connectivity index (χ0n) is 20.3. The van der Waals surface area contributed by atoms with Crippen molar-refractivity contribution < 1.29 is 21.9 Å². The minimum absolute atomic E-state index is 0.110. The Bertz CT molecular complexity index is 1480. The molecule has 0 unspecified atom stereocenters. The molecule has 4 rings (SSSR count). The third kappa shape index (κ3) is 5.94. The Morgan fingerprint density at radius 1 is 1.08 bits per heavy atom. The molecule has 10 heteroatoms. The maximum Gasteiger partial charge on any atom is 0.264 e. The van der Waals surface area contributed by atoms with Gasteiger partial charge < -0.3 is 9.30 Å². The second-order valence-corrected chi connectivity index (χ2v) is 10.7. The van der Waals surface area contributed by atoms with Gasteiger partial charge in [-0.1, -0.05) is 29.8 Å². The molecular formula is C27H26ClF2N3O3S. The number of rotatable bonds is 10. The van der Waals surface area contributed by atoms with Crippen LogP contribution in [0.1, 0.15) is 30.8 Å². The number of aromatic nitrogens is 2. The summed E-state index contributed by atoms with van der Waals surface area (Å²) < 4.78 is 65.7. The lowest BCUT2D eigenvalue weighted by atomic mass is 10.1. The van der Waals surface area contributed by atoms with Gasteiger partial charge in [0.2, 0.25) is 0 Å². The summed E-state index contributed by atoms with van der Waals surface area (Å²) in [5.74, 6) is -0.293. The highest BCUT2D eigenvalue weighted by molar-refractivity contribution is 7.92. The number of halogens is 3. The number of imidazole rings is 1. The molecule has 0 aliphatic rings. The number of anilines is 1. The molecule has 1 atom stereocenters. The fraction of sp³-hybridized carbons (Fsp3) is 0.222. The second-order valence-electron chi connectivity index (χ2n) is 8.43. The van der Waals surface area contributed by atoms with Crippen LogP contribution in [0.5, 0.6) is 5.75 Å². The van der Waals surface area contributed by atoms with Crippen LogP contribution in [-0.4, -0.2) is 24.6 Å². The van der Waals surface area contributed by atoms with Gasteiger partial charge in [-0.3, -0.25) is 4.31 Å². The van der Waals surface area contributed by atoms with E-state index in [0.717, 1.165) is 28.3 Å². The Morgan fingerprint density at radius 3 is 2.51 bits per heavy atom. The number of sulfonamides is 1. The smallest absolute Gasteiger partial charge is 0.264 e. The van der Waals surface area contributed by atoms with Gasteiger partial charge in [0.05, 0.1) is 23.2 Å². The summed E-state index contributed by atoms with van der Waals surface area (Å²) in [6.07, 6.45) is 4.30. The topological polar surface area (TPSA) is 64.4 Å². The zero-order chi connectivity index (χ0) is 26.6. The highest BCUT2D eigenvalue weighted by Crippen LogP contribution is 2.38. The molecule has 0 saturated heterocycles. The van der Waals surface area contributed by atoms with Gasteiger partial charge in [-0.05, 0) is 62.7 Å². The minimum atomic E-state index is -4.33. The number of hydrogen-bond acceptors (Lipinski definition) is 4. The van der Waals surface area contributed by atoms with E-state index < -0.39 is 33.4 Å². The van der Waals surface area contributed by atoms with Crippen LogP contribution >= 0.6 is 11.6 Å². The SMILES string of the molecule is Cc1nccn1CCCOc1ccccc1[C@@H](C)N(c1cc(F)ccc1F)S(=O)(=O)c1ccc(Cl)cc1. The Morgan fingerprint density at radius 2 is 1.81 bits per heavy atom. The van der Waals surface area contributed by atoms with Gasteiger partial charge in [0.25, 0.3) is 10.0 Å². The maximum absolute atomic E-state index is 15.0. The van der Waals surface area contributed by atoms with E-state index in [0.29, 0.717) is 35.9 Å². The third-order valence-corrected chi connectivity index (χ3v) is 8.11. The number of para-hydroxylation sites is 1. The summed E-state index contributed by atoms with van der Waals surface area (Å²) in [5.41, 5.74) is 0.0929. The van der Waals surface area contributed by atoms with Crippen molar-refractivity contribution in [3.05, 3.63) is 107 Å². The zero-order valence-corrected chi connectivity index (χ0v) is 21.9. The van der Waals surface area contributed by atoms with Crippen molar-refractivity contribution >= 4 is 27.3 Å². The summed E-state index contributed by atoms with van der Waals surface area (Å²) >= 11 is 5.95. The van der Waals surface area contributed by atoms with Crippen molar-refractivity contribution in [1.82, 2.24) is 9.55 Å². The molecule has 0 radical (unpaired) electrons. The van der Waals surface area contributed by atoms with Crippen molar-refractivity contribution in [2.75, 3.05) is 10.9 Å². The van der Waals surface area contributed by atoms with Crippen LogP contribution in [0.3, 0.4) is 0 Å². The molecule has 37 heavy (non-hydrogen) atoms. The Balaban J connectivity index is 1.68. The maximum atomic E-state index is 15.0. The Labute approximate surface area is 220 Å². The number of nitrogens with zero attached hydrogens (tertiary/aromatic N) is 3. The van der Waals surface area contributed by atoms with Gasteiger partial charge in [0.1, 0.15) is 23.2 Å². The number of ether oxygens (including phenoxy) is 1. The molecule has 0 bridgehead atoms. The van der Waals surface area contributed by atoms with E-state index in [-0.39, 0.29) is 4.90 Å². The van der Waals surface area contributed by atoms with E-state index in [1.165, 1.54) is 24.3 Å². The molecule has 1 aromatic heterocycles. The van der Waals surface area contributed by atoms with Gasteiger partial charge >= 0.3 is 0 Å². The summed E-state index contributed by atoms with van der Waals surface area (Å²) in [6.45, 7) is 4.59. The Kier molecular flexibility index (Phi) is 8.14. The summed E-state index contributed by atoms with van der Waals surface area (Å²) in [6, 6.07) is 14.2. The van der Waals surface area contributed by atoms with Crippen molar-refractivity contribution in [3.63, 3.8) is 0 Å². The number of aryl methyl sites for hydroxylation is 2. The van der Waals surface area contributed by atoms with Gasteiger partial charge in [0.15, 0.2) is 0 Å². The molecule has 3 aromatic carbocycles. The monoisotopic (exact) mass is 545 g/mol. The summed E-state index contributed by atoms with van der Waals surface area (Å²) in [4.78, 5) is 4.09. The standard InChI is InChI=1S/C27H26ClF2N3O3S/c1-19(24-6-3-4-7-27(24)36-17-5-15-32-16-14-31-20(32)2)33(26-18-22(29)10-13-25(26)30)37(34,35)23-11-8-21(28)9-12-23/h3-4,6-14,16,18-19H,5,15,17H2,1-2H3/t19-/m1/s1. The molecule has 0 spiro atoms. The molecule has 194 valence electrons. The molecule has 4 aromatic rings. The molecule has 0 N–H and O–H groups in total. The lowest BCUT2D eigenvalue weighted by molar-refractivity contribution is 0.297. The minimum Gasteiger partial charge on any atom is -0.493 e. The van der Waals surface area contributed by atoms with Gasteiger partial charge in [-0.15, -0.1) is 0 Å². The average Bonchev–Trinajstić information content (AvgIpc) is 3.29. The normalized spacial score (nSPS) is 12.4. The molecular weight excluding hydrogens is 520 g/mol. The lowest BCUT2D eigenvalue weighted by Gasteiger charge is -2.32. The van der Waals surface area contributed by atoms with E-state index >= 15 is 0 Å². The summed E-state index contributed by atoms with van der Waals surface area (Å²) in [5, 5.41) is 0.347. The first-order chi connectivity index (χ1) is 17.7. The van der Waals surface area contributed by atoms with Crippen molar-refractivity contribution in [3.8, 4) is 5.75 Å². The predicted molar refractivity (Wildman–Crippen MR) is 139 cm³/mol. The van der Waals surface area contributed by atoms with Gasteiger partial charge in [-0.2, -0.15) is 0 Å². The van der Waals surface area contributed by atoms with Crippen LogP contribution < -0.4 is 9.04 Å². The third-order valence-electron chi connectivity index (χ3n) is 5.96. The first kappa shape index (κ1) is 26.6. The average molecular weight is 546 g/mol. The first-order valence-corrected chi connectivity index (χ1v) is 13.4. The second kappa shape index (κ2) is 11.3. The van der Waals surface area contributed by atoms with E-state index in [1.54, 1.807) is 37.4 Å². The van der Waals surface area contributed by atoms with Crippen LogP contribution in [-0.2, 0) is 16.6 Å². The van der Waals surface area contributed by atoms with E-state index in [2.05, 4.69) is 4.98 Å². The fourth-order valence-electron chi connectivity index (χ4n) is 4.06. The molecule has 0 aliphatic heterocycles. The first-order valence-electron chi connectivity index (χ1n) is 11.6. The highest BCUT2D eigenvalue weighted by atomic mass is 35.5. The molecule has 6 nitrogen and oxygen atoms in total. The predicted octanol–water partition coefficient (Wildman–Crippen LogP) is 6.55. The van der Waals surface area contributed by atoms with Crippen molar-refractivity contribution in [1.29, 1.82) is 0 Å². The fourth-order valence-corrected chi connectivity index (χ4v) is 5.82. The molecule has 0 aliphatic carbocycles. The van der Waals surface area contributed by atoms with Crippen LogP contribution in [0.2, 0.25) is 5.02 Å². The summed E-state index contributed by atoms with van der Waals surface area (Å²) in [7, 11) is -4.33. The van der Waals surface area contributed by atoms with Crippen LogP contribution in [0.15, 0.2) is 84.0 Å². The Hall–Kier alpha value is -3.43. The van der Waals surface area contributed by atoms with Crippen molar-refractivity contribution in [2.45, 2.75) is 37.8 Å². The van der Waals surface area contributed by atoms with E-state index in [1.807, 2.05) is 17.7 Å². The van der Waals surface area contributed by atoms with Crippen LogP contribution in [0.25, 0.3) is 0 Å². The number of hydrogen-bond donors (Lipinski definition) is 0. The van der Waals surface area contributed by atoms with Gasteiger partial charge in [-0.25, -0.2) is 22.2 Å².